The van der Waals surface area contributed by atoms with Crippen molar-refractivity contribution >= 4 is 5.91 Å². The van der Waals surface area contributed by atoms with Gasteiger partial charge in [0.2, 0.25) is 5.91 Å². The van der Waals surface area contributed by atoms with Gasteiger partial charge < -0.3 is 9.64 Å². The highest BCUT2D eigenvalue weighted by Gasteiger charge is 2.41. The van der Waals surface area contributed by atoms with E-state index in [9.17, 15) is 4.79 Å². The standard InChI is InChI=1S/C25H32N2O2/c1-20-8-7-11-24(14-20)29-13-6-5-12-25(28)27-18-22-16-26(17-23(22)19-27)15-21-9-3-2-4-10-21/h2-4,7-11,14,22-23H,5-6,12-13,15-19H2,1H3/t22-,23-/m0/s1. The fraction of sp³-hybridized carbons (Fsp3) is 0.480. The highest BCUT2D eigenvalue weighted by atomic mass is 16.5. The highest BCUT2D eigenvalue weighted by Crippen LogP contribution is 2.32. The summed E-state index contributed by atoms with van der Waals surface area (Å²) in [6, 6.07) is 18.8. The average Bonchev–Trinajstić information content (AvgIpc) is 3.27. The Balaban J connectivity index is 1.13. The lowest BCUT2D eigenvalue weighted by atomic mass is 10.0. The van der Waals surface area contributed by atoms with Crippen LogP contribution >= 0.6 is 0 Å². The molecule has 2 heterocycles. The first-order valence-corrected chi connectivity index (χ1v) is 10.9. The third kappa shape index (κ3) is 5.39. The van der Waals surface area contributed by atoms with E-state index in [2.05, 4.69) is 59.2 Å². The first kappa shape index (κ1) is 20.0. The Kier molecular flexibility index (Phi) is 6.50. The van der Waals surface area contributed by atoms with E-state index in [0.717, 1.165) is 51.3 Å². The normalized spacial score (nSPS) is 21.3. The number of hydrogen-bond acceptors (Lipinski definition) is 3. The van der Waals surface area contributed by atoms with Crippen molar-refractivity contribution in [3.63, 3.8) is 0 Å². The fourth-order valence-corrected chi connectivity index (χ4v) is 4.70. The number of aryl methyl sites for hydroxylation is 1. The second kappa shape index (κ2) is 9.45. The van der Waals surface area contributed by atoms with Crippen molar-refractivity contribution in [1.29, 1.82) is 0 Å². The molecule has 2 aliphatic rings. The van der Waals surface area contributed by atoms with E-state index < -0.39 is 0 Å². The van der Waals surface area contributed by atoms with Crippen LogP contribution < -0.4 is 4.74 Å². The van der Waals surface area contributed by atoms with Gasteiger partial charge in [-0.1, -0.05) is 42.5 Å². The second-order valence-electron chi connectivity index (χ2n) is 8.62. The van der Waals surface area contributed by atoms with Gasteiger partial charge in [-0.3, -0.25) is 9.69 Å². The van der Waals surface area contributed by atoms with Crippen LogP contribution in [-0.2, 0) is 11.3 Å². The van der Waals surface area contributed by atoms with E-state index >= 15 is 0 Å². The Morgan fingerprint density at radius 3 is 2.45 bits per heavy atom. The maximum absolute atomic E-state index is 12.6. The minimum atomic E-state index is 0.324. The summed E-state index contributed by atoms with van der Waals surface area (Å²) in [5, 5.41) is 0. The lowest BCUT2D eigenvalue weighted by Crippen LogP contribution is -2.33. The zero-order chi connectivity index (χ0) is 20.1. The molecule has 2 fully saturated rings. The Labute approximate surface area is 174 Å². The molecule has 4 nitrogen and oxygen atoms in total. The topological polar surface area (TPSA) is 32.8 Å². The molecule has 29 heavy (non-hydrogen) atoms. The summed E-state index contributed by atoms with van der Waals surface area (Å²) in [6.07, 6.45) is 2.46. The van der Waals surface area contributed by atoms with Crippen LogP contribution in [0.25, 0.3) is 0 Å². The lowest BCUT2D eigenvalue weighted by molar-refractivity contribution is -0.130. The molecule has 0 saturated carbocycles. The monoisotopic (exact) mass is 392 g/mol. The number of likely N-dealkylation sites (tertiary alicyclic amines) is 2. The van der Waals surface area contributed by atoms with Crippen molar-refractivity contribution in [3.8, 4) is 5.75 Å². The Bertz CT molecular complexity index is 793. The van der Waals surface area contributed by atoms with Gasteiger partial charge in [-0.05, 0) is 54.9 Å². The number of hydrogen-bond donors (Lipinski definition) is 0. The summed E-state index contributed by atoms with van der Waals surface area (Å²) in [4.78, 5) is 17.3. The molecule has 2 saturated heterocycles. The van der Waals surface area contributed by atoms with Gasteiger partial charge in [0.1, 0.15) is 5.75 Å². The van der Waals surface area contributed by atoms with Gasteiger partial charge >= 0.3 is 0 Å². The van der Waals surface area contributed by atoms with Crippen LogP contribution in [0.3, 0.4) is 0 Å². The second-order valence-corrected chi connectivity index (χ2v) is 8.62. The number of unbranched alkanes of at least 4 members (excludes halogenated alkanes) is 1. The highest BCUT2D eigenvalue weighted by molar-refractivity contribution is 5.76. The zero-order valence-corrected chi connectivity index (χ0v) is 17.4. The molecular formula is C25H32N2O2. The number of carbonyl (C=O) groups is 1. The van der Waals surface area contributed by atoms with Crippen molar-refractivity contribution in [2.24, 2.45) is 11.8 Å². The molecule has 0 bridgehead atoms. The van der Waals surface area contributed by atoms with Crippen molar-refractivity contribution in [2.75, 3.05) is 32.8 Å². The summed E-state index contributed by atoms with van der Waals surface area (Å²) < 4.78 is 5.78. The van der Waals surface area contributed by atoms with Crippen molar-refractivity contribution in [3.05, 3.63) is 65.7 Å². The SMILES string of the molecule is Cc1cccc(OCCCCC(=O)N2C[C@@H]3CN(Cc4ccccc4)C[C@H]3C2)c1. The minimum Gasteiger partial charge on any atom is -0.494 e. The van der Waals surface area contributed by atoms with Gasteiger partial charge in [0, 0.05) is 39.1 Å². The Morgan fingerprint density at radius 1 is 0.966 bits per heavy atom. The van der Waals surface area contributed by atoms with E-state index in [0.29, 0.717) is 30.8 Å². The van der Waals surface area contributed by atoms with Crippen LogP contribution in [0.1, 0.15) is 30.4 Å². The summed E-state index contributed by atoms with van der Waals surface area (Å²) in [5.74, 6) is 2.54. The molecule has 4 rings (SSSR count). The molecule has 0 spiro atoms. The largest absolute Gasteiger partial charge is 0.494 e. The maximum atomic E-state index is 12.6. The van der Waals surface area contributed by atoms with E-state index in [1.807, 2.05) is 12.1 Å². The summed E-state index contributed by atoms with van der Waals surface area (Å²) in [7, 11) is 0. The predicted molar refractivity (Wildman–Crippen MR) is 116 cm³/mol. The van der Waals surface area contributed by atoms with Crippen molar-refractivity contribution < 1.29 is 9.53 Å². The molecule has 2 aromatic rings. The fourth-order valence-electron chi connectivity index (χ4n) is 4.70. The summed E-state index contributed by atoms with van der Waals surface area (Å²) >= 11 is 0. The third-order valence-electron chi connectivity index (χ3n) is 6.21. The number of rotatable bonds is 8. The molecule has 4 heteroatoms. The van der Waals surface area contributed by atoms with Crippen LogP contribution in [-0.4, -0.2) is 48.5 Å². The maximum Gasteiger partial charge on any atom is 0.222 e. The number of nitrogens with zero attached hydrogens (tertiary/aromatic N) is 2. The third-order valence-corrected chi connectivity index (χ3v) is 6.21. The first-order chi connectivity index (χ1) is 14.2. The van der Waals surface area contributed by atoms with E-state index in [4.69, 9.17) is 4.74 Å². The molecule has 0 radical (unpaired) electrons. The van der Waals surface area contributed by atoms with Gasteiger partial charge in [0.05, 0.1) is 6.61 Å². The quantitative estimate of drug-likeness (QED) is 0.633. The van der Waals surface area contributed by atoms with Gasteiger partial charge in [0.25, 0.3) is 0 Å². The average molecular weight is 393 g/mol. The molecule has 1 amide bonds. The molecular weight excluding hydrogens is 360 g/mol. The summed E-state index contributed by atoms with van der Waals surface area (Å²) in [6.45, 7) is 7.89. The predicted octanol–water partition coefficient (Wildman–Crippen LogP) is 4.13. The smallest absolute Gasteiger partial charge is 0.222 e. The van der Waals surface area contributed by atoms with Crippen LogP contribution in [0.2, 0.25) is 0 Å². The number of carbonyl (C=O) groups excluding carboxylic acids is 1. The lowest BCUT2D eigenvalue weighted by Gasteiger charge is -2.21. The number of benzene rings is 2. The van der Waals surface area contributed by atoms with Crippen LogP contribution in [0, 0.1) is 18.8 Å². The Morgan fingerprint density at radius 2 is 1.72 bits per heavy atom. The van der Waals surface area contributed by atoms with Crippen molar-refractivity contribution in [2.45, 2.75) is 32.7 Å². The Hall–Kier alpha value is -2.33. The van der Waals surface area contributed by atoms with Gasteiger partial charge in [-0.25, -0.2) is 0 Å². The van der Waals surface area contributed by atoms with Gasteiger partial charge in [-0.15, -0.1) is 0 Å². The van der Waals surface area contributed by atoms with Gasteiger partial charge in [-0.2, -0.15) is 0 Å². The molecule has 0 N–H and O–H groups in total. The molecule has 0 aromatic heterocycles. The van der Waals surface area contributed by atoms with Crippen molar-refractivity contribution in [1.82, 2.24) is 9.80 Å². The molecule has 0 unspecified atom stereocenters. The van der Waals surface area contributed by atoms with E-state index in [1.165, 1.54) is 11.1 Å². The van der Waals surface area contributed by atoms with Crippen LogP contribution in [0.4, 0.5) is 0 Å². The zero-order valence-electron chi connectivity index (χ0n) is 17.4. The van der Waals surface area contributed by atoms with Crippen LogP contribution in [0.15, 0.2) is 54.6 Å². The van der Waals surface area contributed by atoms with Crippen LogP contribution in [0.5, 0.6) is 5.75 Å². The minimum absolute atomic E-state index is 0.324. The van der Waals surface area contributed by atoms with E-state index in [1.54, 1.807) is 0 Å². The molecule has 2 atom stereocenters. The number of fused-ring (bicyclic) bond motifs is 1. The molecule has 0 aliphatic carbocycles. The number of amides is 1. The molecule has 2 aliphatic heterocycles. The summed E-state index contributed by atoms with van der Waals surface area (Å²) in [5.41, 5.74) is 2.59. The first-order valence-electron chi connectivity index (χ1n) is 10.9. The molecule has 154 valence electrons. The molecule has 2 aromatic carbocycles. The van der Waals surface area contributed by atoms with E-state index in [-0.39, 0.29) is 0 Å². The van der Waals surface area contributed by atoms with Gasteiger partial charge in [0.15, 0.2) is 0 Å². The number of ether oxygens (including phenoxy) is 1.